The predicted octanol–water partition coefficient (Wildman–Crippen LogP) is 3.53. The molecule has 2 aromatic heterocycles. The second-order valence-electron chi connectivity index (χ2n) is 6.59. The van der Waals surface area contributed by atoms with Crippen molar-refractivity contribution in [2.45, 2.75) is 13.3 Å². The van der Waals surface area contributed by atoms with Crippen LogP contribution in [0.1, 0.15) is 32.1 Å². The summed E-state index contributed by atoms with van der Waals surface area (Å²) in [4.78, 5) is 33.5. The predicted molar refractivity (Wildman–Crippen MR) is 104 cm³/mol. The maximum absolute atomic E-state index is 13.2. The maximum atomic E-state index is 13.2. The minimum Gasteiger partial charge on any atom is -0.358 e. The number of aromatic amines is 1. The van der Waals surface area contributed by atoms with Crippen LogP contribution >= 0.6 is 11.3 Å². The number of benzene rings is 1. The van der Waals surface area contributed by atoms with Gasteiger partial charge in [-0.3, -0.25) is 9.59 Å². The molecule has 0 saturated carbocycles. The average Bonchev–Trinajstić information content (AvgIpc) is 3.21. The van der Waals surface area contributed by atoms with E-state index in [9.17, 15) is 9.59 Å². The summed E-state index contributed by atoms with van der Waals surface area (Å²) >= 11 is 1.46. The number of hydrogen-bond acceptors (Lipinski definition) is 3. The molecule has 0 atom stereocenters. The zero-order valence-corrected chi connectivity index (χ0v) is 15.5. The van der Waals surface area contributed by atoms with E-state index in [0.29, 0.717) is 26.2 Å². The number of aryl methyl sites for hydroxylation is 1. The highest BCUT2D eigenvalue weighted by molar-refractivity contribution is 7.12. The third-order valence-electron chi connectivity index (χ3n) is 4.91. The van der Waals surface area contributed by atoms with Gasteiger partial charge in [-0.15, -0.1) is 11.3 Å². The third kappa shape index (κ3) is 3.01. The average molecular weight is 367 g/mol. The molecule has 134 valence electrons. The molecule has 1 N–H and O–H groups in total. The van der Waals surface area contributed by atoms with Gasteiger partial charge < -0.3 is 14.8 Å². The van der Waals surface area contributed by atoms with Crippen LogP contribution in [0.15, 0.2) is 41.8 Å². The Kier molecular flexibility index (Phi) is 4.51. The molecule has 3 aromatic rings. The van der Waals surface area contributed by atoms with Gasteiger partial charge in [0.2, 0.25) is 0 Å². The number of carbonyl (C=O) groups excluding carboxylic acids is 2. The summed E-state index contributed by atoms with van der Waals surface area (Å²) in [5.74, 6) is 0.114. The Morgan fingerprint density at radius 3 is 2.42 bits per heavy atom. The fourth-order valence-corrected chi connectivity index (χ4v) is 4.28. The third-order valence-corrected chi connectivity index (χ3v) is 5.77. The van der Waals surface area contributed by atoms with Crippen molar-refractivity contribution in [2.24, 2.45) is 0 Å². The lowest BCUT2D eigenvalue weighted by molar-refractivity contribution is 0.0721. The lowest BCUT2D eigenvalue weighted by atomic mass is 10.1. The van der Waals surface area contributed by atoms with Gasteiger partial charge in [0.25, 0.3) is 11.8 Å². The van der Waals surface area contributed by atoms with Crippen molar-refractivity contribution in [3.8, 4) is 0 Å². The van der Waals surface area contributed by atoms with Crippen LogP contribution in [-0.4, -0.2) is 52.8 Å². The van der Waals surface area contributed by atoms with E-state index in [-0.39, 0.29) is 11.8 Å². The summed E-state index contributed by atoms with van der Waals surface area (Å²) in [7, 11) is 0. The normalized spacial score (nSPS) is 15.3. The monoisotopic (exact) mass is 367 g/mol. The Bertz CT molecular complexity index is 945. The first-order valence-electron chi connectivity index (χ1n) is 8.84. The molecule has 0 bridgehead atoms. The number of H-pyrrole nitrogens is 1. The van der Waals surface area contributed by atoms with E-state index in [2.05, 4.69) is 4.98 Å². The molecule has 1 aliphatic rings. The topological polar surface area (TPSA) is 56.4 Å². The maximum Gasteiger partial charge on any atom is 0.263 e. The highest BCUT2D eigenvalue weighted by Crippen LogP contribution is 2.24. The molecule has 6 heteroatoms. The molecule has 5 nitrogen and oxygen atoms in total. The molecule has 0 aliphatic carbocycles. The van der Waals surface area contributed by atoms with Crippen molar-refractivity contribution in [3.05, 3.63) is 57.9 Å². The SMILES string of the molecule is Cc1[nH]c2ccccc2c1C(=O)N1CCCN(C(=O)c2cccs2)CC1. The van der Waals surface area contributed by atoms with E-state index in [0.717, 1.165) is 33.5 Å². The number of thiophene rings is 1. The van der Waals surface area contributed by atoms with Crippen molar-refractivity contribution in [3.63, 3.8) is 0 Å². The molecule has 0 unspecified atom stereocenters. The van der Waals surface area contributed by atoms with E-state index in [1.165, 1.54) is 11.3 Å². The molecule has 0 spiro atoms. The number of hydrogen-bond donors (Lipinski definition) is 1. The van der Waals surface area contributed by atoms with Gasteiger partial charge in [-0.1, -0.05) is 24.3 Å². The number of carbonyl (C=O) groups is 2. The zero-order valence-electron chi connectivity index (χ0n) is 14.7. The number of amides is 2. The summed E-state index contributed by atoms with van der Waals surface area (Å²) in [6.07, 6.45) is 0.796. The first-order chi connectivity index (χ1) is 12.6. The van der Waals surface area contributed by atoms with Gasteiger partial charge in [-0.05, 0) is 30.9 Å². The van der Waals surface area contributed by atoms with Crippen LogP contribution < -0.4 is 0 Å². The van der Waals surface area contributed by atoms with Crippen LogP contribution in [0, 0.1) is 6.92 Å². The van der Waals surface area contributed by atoms with E-state index >= 15 is 0 Å². The van der Waals surface area contributed by atoms with Gasteiger partial charge in [-0.25, -0.2) is 0 Å². The van der Waals surface area contributed by atoms with Gasteiger partial charge in [-0.2, -0.15) is 0 Å². The first kappa shape index (κ1) is 16.8. The lowest BCUT2D eigenvalue weighted by Gasteiger charge is -2.22. The van der Waals surface area contributed by atoms with Crippen molar-refractivity contribution in [1.82, 2.24) is 14.8 Å². The molecule has 4 rings (SSSR count). The molecule has 1 fully saturated rings. The molecule has 1 aliphatic heterocycles. The minimum absolute atomic E-state index is 0.0466. The van der Waals surface area contributed by atoms with Crippen LogP contribution in [0.25, 0.3) is 10.9 Å². The Morgan fingerprint density at radius 2 is 1.69 bits per heavy atom. The van der Waals surface area contributed by atoms with Crippen molar-refractivity contribution in [1.29, 1.82) is 0 Å². The Hall–Kier alpha value is -2.60. The van der Waals surface area contributed by atoms with Crippen molar-refractivity contribution in [2.75, 3.05) is 26.2 Å². The molecule has 2 amide bonds. The van der Waals surface area contributed by atoms with Gasteiger partial charge in [0.05, 0.1) is 10.4 Å². The molecular weight excluding hydrogens is 346 g/mol. The highest BCUT2D eigenvalue weighted by Gasteiger charge is 2.26. The molecule has 3 heterocycles. The largest absolute Gasteiger partial charge is 0.358 e. The van der Waals surface area contributed by atoms with E-state index in [1.807, 2.05) is 58.5 Å². The van der Waals surface area contributed by atoms with Crippen LogP contribution in [0.3, 0.4) is 0 Å². The molecule has 1 saturated heterocycles. The van der Waals surface area contributed by atoms with E-state index in [1.54, 1.807) is 0 Å². The lowest BCUT2D eigenvalue weighted by Crippen LogP contribution is -2.37. The molecule has 1 aromatic carbocycles. The number of nitrogens with one attached hydrogen (secondary N) is 1. The highest BCUT2D eigenvalue weighted by atomic mass is 32.1. The van der Waals surface area contributed by atoms with Gasteiger partial charge in [0, 0.05) is 42.8 Å². The number of rotatable bonds is 2. The fraction of sp³-hybridized carbons (Fsp3) is 0.300. The number of nitrogens with zero attached hydrogens (tertiary/aromatic N) is 2. The van der Waals surface area contributed by atoms with Gasteiger partial charge >= 0.3 is 0 Å². The summed E-state index contributed by atoms with van der Waals surface area (Å²) in [6.45, 7) is 4.44. The van der Waals surface area contributed by atoms with Crippen LogP contribution in [-0.2, 0) is 0 Å². The Labute approximate surface area is 156 Å². The molecular formula is C20H21N3O2S. The van der Waals surface area contributed by atoms with Crippen molar-refractivity contribution < 1.29 is 9.59 Å². The number of para-hydroxylation sites is 1. The Balaban J connectivity index is 1.53. The summed E-state index contributed by atoms with van der Waals surface area (Å²) in [6, 6.07) is 11.6. The summed E-state index contributed by atoms with van der Waals surface area (Å²) < 4.78 is 0. The van der Waals surface area contributed by atoms with Crippen LogP contribution in [0.2, 0.25) is 0 Å². The van der Waals surface area contributed by atoms with Gasteiger partial charge in [0.1, 0.15) is 0 Å². The van der Waals surface area contributed by atoms with Crippen molar-refractivity contribution >= 4 is 34.1 Å². The second-order valence-corrected chi connectivity index (χ2v) is 7.53. The van der Waals surface area contributed by atoms with Crippen LogP contribution in [0.4, 0.5) is 0 Å². The quantitative estimate of drug-likeness (QED) is 0.753. The molecule has 0 radical (unpaired) electrons. The number of aromatic nitrogens is 1. The Morgan fingerprint density at radius 1 is 0.962 bits per heavy atom. The minimum atomic E-state index is 0.0466. The van der Waals surface area contributed by atoms with E-state index < -0.39 is 0 Å². The van der Waals surface area contributed by atoms with Crippen LogP contribution in [0.5, 0.6) is 0 Å². The number of fused-ring (bicyclic) bond motifs is 1. The summed E-state index contributed by atoms with van der Waals surface area (Å²) in [5, 5.41) is 2.88. The van der Waals surface area contributed by atoms with Gasteiger partial charge in [0.15, 0.2) is 0 Å². The van der Waals surface area contributed by atoms with E-state index in [4.69, 9.17) is 0 Å². The fourth-order valence-electron chi connectivity index (χ4n) is 3.59. The first-order valence-corrected chi connectivity index (χ1v) is 9.72. The zero-order chi connectivity index (χ0) is 18.1. The second kappa shape index (κ2) is 6.96. The molecule has 26 heavy (non-hydrogen) atoms. The smallest absolute Gasteiger partial charge is 0.263 e. The standard InChI is InChI=1S/C20H21N3O2S/c1-14-18(15-6-2-3-7-16(15)21-14)20(25)23-10-5-9-22(11-12-23)19(24)17-8-4-13-26-17/h2-4,6-8,13,21H,5,9-12H2,1H3. The summed E-state index contributed by atoms with van der Waals surface area (Å²) in [5.41, 5.74) is 2.63.